The van der Waals surface area contributed by atoms with Gasteiger partial charge in [0.15, 0.2) is 23.3 Å². The van der Waals surface area contributed by atoms with Crippen molar-refractivity contribution < 1.29 is 38.2 Å². The molecule has 0 unspecified atom stereocenters. The van der Waals surface area contributed by atoms with Crippen LogP contribution in [0.3, 0.4) is 0 Å². The summed E-state index contributed by atoms with van der Waals surface area (Å²) in [6.45, 7) is 2.46. The molecule has 368 valence electrons. The van der Waals surface area contributed by atoms with Gasteiger partial charge in [0, 0.05) is 51.4 Å². The second-order valence-electron chi connectivity index (χ2n) is 18.1. The van der Waals surface area contributed by atoms with Crippen molar-refractivity contribution in [3.63, 3.8) is 0 Å². The fourth-order valence-corrected chi connectivity index (χ4v) is 9.60. The summed E-state index contributed by atoms with van der Waals surface area (Å²) in [5, 5.41) is 22.2. The Labute approximate surface area is 394 Å². The first kappa shape index (κ1) is 52.2. The average Bonchev–Trinajstić information content (AvgIpc) is 4.02. The van der Waals surface area contributed by atoms with Gasteiger partial charge in [0.25, 0.3) is 0 Å². The molecule has 8 N–H and O–H groups in total. The number of nitrogens with one attached hydrogen (secondary N) is 6. The van der Waals surface area contributed by atoms with E-state index in [0.29, 0.717) is 50.9 Å². The van der Waals surface area contributed by atoms with E-state index in [9.17, 15) is 19.2 Å². The summed E-state index contributed by atoms with van der Waals surface area (Å²) in [7, 11) is 7.95. The van der Waals surface area contributed by atoms with E-state index in [1.807, 2.05) is 38.0 Å². The summed E-state index contributed by atoms with van der Waals surface area (Å²) in [6.07, 6.45) is 11.1. The number of rotatable bonds is 18. The number of hydrogen-bond acceptors (Lipinski definition) is 14. The Hall–Kier alpha value is -4.80. The molecule has 4 fully saturated rings. The smallest absolute Gasteiger partial charge is 0.404 e. The van der Waals surface area contributed by atoms with E-state index in [1.54, 1.807) is 0 Å². The number of piperidine rings is 2. The standard InChI is InChI=1S/2C21H33ClFN7O3/c2*1-29(2)15-8-5-9-30(12-15)18-16(23)17(25-20(22)26-18)27-28-19(31)14(11-24-21(32)33)10-13-6-3-4-7-13/h2*13-15,24H,3-12H2,1-2H3,(H,28,31)(H,32,33)(H,25,26,27)/t2*14-,15-/m11/s1. The minimum absolute atomic E-state index is 0.0166. The summed E-state index contributed by atoms with van der Waals surface area (Å²) in [4.78, 5) is 71.3. The van der Waals surface area contributed by atoms with Crippen molar-refractivity contribution in [3.05, 3.63) is 22.2 Å². The molecule has 0 aromatic carbocycles. The third kappa shape index (κ3) is 15.6. The maximum absolute atomic E-state index is 15.3. The fraction of sp³-hybridized carbons (Fsp3) is 0.714. The SMILES string of the molecule is CN(C)[C@@H]1CCCN(c2nc(Cl)nc(NNC(=O)[C@@H](CNC(=O)O)CC3CCCC3)c2F)C1.CN(C)[C@@H]1CCCN(c2nc(Cl)nc(NNC(=O)[C@@H](CNC(=O)O)CC3CCCC3)c2F)C1. The van der Waals surface area contributed by atoms with Crippen molar-refractivity contribution in [2.45, 2.75) is 102 Å². The molecule has 24 heteroatoms. The van der Waals surface area contributed by atoms with Crippen LogP contribution in [0.5, 0.6) is 0 Å². The molecule has 20 nitrogen and oxygen atoms in total. The van der Waals surface area contributed by atoms with Crippen molar-refractivity contribution in [3.8, 4) is 0 Å². The second-order valence-corrected chi connectivity index (χ2v) is 18.8. The van der Waals surface area contributed by atoms with Crippen molar-refractivity contribution >= 4 is 70.5 Å². The highest BCUT2D eigenvalue weighted by atomic mass is 35.5. The molecular weight excluding hydrogens is 905 g/mol. The molecule has 2 aliphatic heterocycles. The Morgan fingerprint density at radius 1 is 0.621 bits per heavy atom. The molecule has 4 atom stereocenters. The van der Waals surface area contributed by atoms with Crippen LogP contribution in [0.4, 0.5) is 41.6 Å². The molecule has 2 aliphatic carbocycles. The third-order valence-electron chi connectivity index (χ3n) is 13.0. The summed E-state index contributed by atoms with van der Waals surface area (Å²) >= 11 is 12.1. The average molecular weight is 972 g/mol. The van der Waals surface area contributed by atoms with Gasteiger partial charge in [-0.25, -0.2) is 9.59 Å². The molecule has 66 heavy (non-hydrogen) atoms. The molecule has 4 amide bonds. The van der Waals surface area contributed by atoms with Gasteiger partial charge in [-0.3, -0.25) is 31.3 Å². The van der Waals surface area contributed by atoms with E-state index < -0.39 is 47.5 Å². The molecule has 2 saturated carbocycles. The quantitative estimate of drug-likeness (QED) is 0.0687. The van der Waals surface area contributed by atoms with Gasteiger partial charge in [0.1, 0.15) is 0 Å². The van der Waals surface area contributed by atoms with Crippen LogP contribution in [0.2, 0.25) is 10.6 Å². The molecule has 4 aliphatic rings. The van der Waals surface area contributed by atoms with Crippen molar-refractivity contribution in [2.75, 3.05) is 88.1 Å². The van der Waals surface area contributed by atoms with Crippen molar-refractivity contribution in [1.29, 1.82) is 0 Å². The van der Waals surface area contributed by atoms with Crippen LogP contribution in [-0.2, 0) is 9.59 Å². The lowest BCUT2D eigenvalue weighted by Crippen LogP contribution is -2.46. The molecule has 2 saturated heterocycles. The summed E-state index contributed by atoms with van der Waals surface area (Å²) in [5.74, 6) is -2.96. The second kappa shape index (κ2) is 25.4. The third-order valence-corrected chi connectivity index (χ3v) is 13.3. The number of anilines is 4. The van der Waals surface area contributed by atoms with Crippen LogP contribution in [-0.4, -0.2) is 143 Å². The summed E-state index contributed by atoms with van der Waals surface area (Å²) in [5.41, 5.74) is 10.0. The number of carbonyl (C=O) groups is 4. The van der Waals surface area contributed by atoms with E-state index in [4.69, 9.17) is 33.4 Å². The predicted molar refractivity (Wildman–Crippen MR) is 248 cm³/mol. The monoisotopic (exact) mass is 970 g/mol. The Bertz CT molecular complexity index is 1810. The highest BCUT2D eigenvalue weighted by Gasteiger charge is 2.31. The van der Waals surface area contributed by atoms with Crippen LogP contribution in [0.25, 0.3) is 0 Å². The van der Waals surface area contributed by atoms with E-state index in [-0.39, 0.29) is 59.0 Å². The summed E-state index contributed by atoms with van der Waals surface area (Å²) < 4.78 is 30.5. The van der Waals surface area contributed by atoms with Gasteiger partial charge in [-0.05, 0) is 102 Å². The van der Waals surface area contributed by atoms with Gasteiger partial charge in [-0.1, -0.05) is 51.4 Å². The number of likely N-dealkylation sites (N-methyl/N-ethyl adjacent to an activating group) is 2. The number of aromatic nitrogens is 4. The van der Waals surface area contributed by atoms with Crippen LogP contribution in [0.1, 0.15) is 89.9 Å². The highest BCUT2D eigenvalue weighted by Crippen LogP contribution is 2.33. The lowest BCUT2D eigenvalue weighted by Gasteiger charge is -2.37. The topological polar surface area (TPSA) is 245 Å². The zero-order chi connectivity index (χ0) is 47.9. The van der Waals surface area contributed by atoms with Gasteiger partial charge in [0.2, 0.25) is 34.0 Å². The molecule has 2 aromatic heterocycles. The number of carbonyl (C=O) groups excluding carboxylic acids is 2. The Kier molecular flexibility index (Phi) is 20.1. The molecule has 2 aromatic rings. The van der Waals surface area contributed by atoms with E-state index in [2.05, 4.69) is 62.1 Å². The van der Waals surface area contributed by atoms with Crippen LogP contribution >= 0.6 is 23.2 Å². The van der Waals surface area contributed by atoms with E-state index >= 15 is 8.78 Å². The minimum Gasteiger partial charge on any atom is -0.465 e. The van der Waals surface area contributed by atoms with E-state index in [1.165, 1.54) is 0 Å². The number of amides is 4. The first-order valence-electron chi connectivity index (χ1n) is 22.8. The minimum atomic E-state index is -1.19. The Morgan fingerprint density at radius 3 is 1.32 bits per heavy atom. The lowest BCUT2D eigenvalue weighted by molar-refractivity contribution is -0.125. The zero-order valence-corrected chi connectivity index (χ0v) is 39.7. The molecule has 0 spiro atoms. The van der Waals surface area contributed by atoms with Gasteiger partial charge in [-0.2, -0.15) is 28.7 Å². The predicted octanol–water partition coefficient (Wildman–Crippen LogP) is 5.41. The van der Waals surface area contributed by atoms with Crippen LogP contribution in [0.15, 0.2) is 0 Å². The zero-order valence-electron chi connectivity index (χ0n) is 38.2. The number of carboxylic acid groups (broad SMARTS) is 2. The highest BCUT2D eigenvalue weighted by molar-refractivity contribution is 6.28. The lowest BCUT2D eigenvalue weighted by atomic mass is 9.92. The molecular formula is C42H66Cl2F2N14O6. The van der Waals surface area contributed by atoms with Crippen LogP contribution in [0, 0.1) is 35.3 Å². The van der Waals surface area contributed by atoms with Gasteiger partial charge in [0.05, 0.1) is 11.8 Å². The molecule has 0 bridgehead atoms. The number of halogens is 4. The van der Waals surface area contributed by atoms with Gasteiger partial charge in [-0.15, -0.1) is 0 Å². The molecule has 6 rings (SSSR count). The van der Waals surface area contributed by atoms with Crippen LogP contribution < -0.4 is 42.1 Å². The maximum Gasteiger partial charge on any atom is 0.404 e. The summed E-state index contributed by atoms with van der Waals surface area (Å²) in [6, 6.07) is 0.530. The first-order chi connectivity index (χ1) is 31.5. The number of hydrazine groups is 2. The van der Waals surface area contributed by atoms with Gasteiger partial charge >= 0.3 is 12.2 Å². The number of nitrogens with zero attached hydrogens (tertiary/aromatic N) is 8. The normalized spacial score (nSPS) is 20.0. The first-order valence-corrected chi connectivity index (χ1v) is 23.6. The van der Waals surface area contributed by atoms with Crippen molar-refractivity contribution in [2.24, 2.45) is 23.7 Å². The van der Waals surface area contributed by atoms with E-state index in [0.717, 1.165) is 77.0 Å². The van der Waals surface area contributed by atoms with Gasteiger partial charge < -0.3 is 40.4 Å². The molecule has 0 radical (unpaired) electrons. The Balaban J connectivity index is 0.000000247. The molecule has 4 heterocycles. The maximum atomic E-state index is 15.3. The number of hydrogen-bond donors (Lipinski definition) is 8. The Morgan fingerprint density at radius 2 is 0.985 bits per heavy atom. The van der Waals surface area contributed by atoms with Crippen molar-refractivity contribution in [1.82, 2.24) is 51.2 Å². The fourth-order valence-electron chi connectivity index (χ4n) is 9.27. The largest absolute Gasteiger partial charge is 0.465 e.